The largest absolute Gasteiger partial charge is 0.340 e. The fraction of sp³-hybridized carbons (Fsp3) is 0.0625. The van der Waals surface area contributed by atoms with Gasteiger partial charge in [-0.05, 0) is 52.0 Å². The third kappa shape index (κ3) is 3.21. The number of hydrogen-bond acceptors (Lipinski definition) is 3. The van der Waals surface area contributed by atoms with Gasteiger partial charge in [0.1, 0.15) is 5.82 Å². The standard InChI is InChI=1S/C16H11ClFNOS2/c17-13-8-11(18)3-4-12(13)16(20)19-15(10-5-7-21-9-10)14-2-1-6-22-14/h1-9,15H,(H,19,20). The molecule has 112 valence electrons. The van der Waals surface area contributed by atoms with Gasteiger partial charge in [0.15, 0.2) is 0 Å². The number of amides is 1. The molecule has 0 saturated carbocycles. The zero-order chi connectivity index (χ0) is 15.5. The zero-order valence-corrected chi connectivity index (χ0v) is 13.6. The van der Waals surface area contributed by atoms with E-state index in [2.05, 4.69) is 5.32 Å². The molecule has 0 bridgehead atoms. The highest BCUT2D eigenvalue weighted by Crippen LogP contribution is 2.28. The highest BCUT2D eigenvalue weighted by molar-refractivity contribution is 7.10. The first-order valence-corrected chi connectivity index (χ1v) is 8.66. The van der Waals surface area contributed by atoms with E-state index < -0.39 is 5.82 Å². The fourth-order valence-corrected chi connectivity index (χ4v) is 3.84. The van der Waals surface area contributed by atoms with Crippen LogP contribution in [0, 0.1) is 5.82 Å². The molecule has 6 heteroatoms. The second-order valence-electron chi connectivity index (χ2n) is 4.60. The van der Waals surface area contributed by atoms with Gasteiger partial charge < -0.3 is 5.32 Å². The molecule has 3 rings (SSSR count). The van der Waals surface area contributed by atoms with Crippen LogP contribution in [0.15, 0.2) is 52.5 Å². The Morgan fingerprint density at radius 3 is 2.73 bits per heavy atom. The van der Waals surface area contributed by atoms with Crippen molar-refractivity contribution in [2.45, 2.75) is 6.04 Å². The van der Waals surface area contributed by atoms with Crippen molar-refractivity contribution in [3.8, 4) is 0 Å². The number of benzene rings is 1. The number of carbonyl (C=O) groups excluding carboxylic acids is 1. The molecule has 2 heterocycles. The van der Waals surface area contributed by atoms with Gasteiger partial charge in [0.25, 0.3) is 5.91 Å². The van der Waals surface area contributed by atoms with Gasteiger partial charge in [-0.2, -0.15) is 11.3 Å². The molecule has 22 heavy (non-hydrogen) atoms. The van der Waals surface area contributed by atoms with E-state index in [0.717, 1.165) is 16.5 Å². The van der Waals surface area contributed by atoms with Gasteiger partial charge >= 0.3 is 0 Å². The Kier molecular flexibility index (Phi) is 4.57. The summed E-state index contributed by atoms with van der Waals surface area (Å²) in [6.45, 7) is 0. The van der Waals surface area contributed by atoms with Crippen molar-refractivity contribution in [1.29, 1.82) is 0 Å². The summed E-state index contributed by atoms with van der Waals surface area (Å²) in [6.07, 6.45) is 0. The van der Waals surface area contributed by atoms with Crippen LogP contribution in [-0.4, -0.2) is 5.91 Å². The number of nitrogens with one attached hydrogen (secondary N) is 1. The lowest BCUT2D eigenvalue weighted by molar-refractivity contribution is 0.0943. The van der Waals surface area contributed by atoms with Crippen molar-refractivity contribution in [2.75, 3.05) is 0 Å². The van der Waals surface area contributed by atoms with Gasteiger partial charge in [0.05, 0.1) is 16.6 Å². The third-order valence-corrected chi connectivity index (χ3v) is 5.11. The molecule has 2 nitrogen and oxygen atoms in total. The lowest BCUT2D eigenvalue weighted by Gasteiger charge is -2.17. The Labute approximate surface area is 140 Å². The van der Waals surface area contributed by atoms with Crippen molar-refractivity contribution in [2.24, 2.45) is 0 Å². The number of carbonyl (C=O) groups is 1. The number of hydrogen-bond donors (Lipinski definition) is 1. The summed E-state index contributed by atoms with van der Waals surface area (Å²) in [4.78, 5) is 13.5. The lowest BCUT2D eigenvalue weighted by atomic mass is 10.1. The molecule has 3 aromatic rings. The monoisotopic (exact) mass is 351 g/mol. The Bertz CT molecular complexity index is 737. The highest BCUT2D eigenvalue weighted by atomic mass is 35.5. The van der Waals surface area contributed by atoms with Crippen LogP contribution in [0.3, 0.4) is 0 Å². The average molecular weight is 352 g/mol. The number of halogens is 2. The molecule has 1 atom stereocenters. The van der Waals surface area contributed by atoms with Gasteiger partial charge in [-0.3, -0.25) is 4.79 Å². The second kappa shape index (κ2) is 6.60. The van der Waals surface area contributed by atoms with Crippen LogP contribution in [0.25, 0.3) is 0 Å². The molecule has 0 aliphatic carbocycles. The molecule has 0 aliphatic heterocycles. The summed E-state index contributed by atoms with van der Waals surface area (Å²) in [6, 6.07) is 9.41. The normalized spacial score (nSPS) is 12.1. The zero-order valence-electron chi connectivity index (χ0n) is 11.3. The van der Waals surface area contributed by atoms with E-state index in [1.807, 2.05) is 34.3 Å². The smallest absolute Gasteiger partial charge is 0.253 e. The minimum Gasteiger partial charge on any atom is -0.340 e. The molecule has 0 aliphatic rings. The van der Waals surface area contributed by atoms with Gasteiger partial charge in [-0.1, -0.05) is 17.7 Å². The first-order chi connectivity index (χ1) is 10.6. The molecule has 2 aromatic heterocycles. The van der Waals surface area contributed by atoms with Crippen LogP contribution < -0.4 is 5.32 Å². The van der Waals surface area contributed by atoms with Gasteiger partial charge in [-0.15, -0.1) is 11.3 Å². The maximum atomic E-state index is 13.1. The van der Waals surface area contributed by atoms with E-state index in [1.165, 1.54) is 12.1 Å². The molecule has 0 saturated heterocycles. The quantitative estimate of drug-likeness (QED) is 0.694. The lowest BCUT2D eigenvalue weighted by Crippen LogP contribution is -2.28. The predicted octanol–water partition coefficient (Wildman–Crippen LogP) is 5.12. The van der Waals surface area contributed by atoms with Crippen LogP contribution in [0.5, 0.6) is 0 Å². The minimum atomic E-state index is -0.464. The van der Waals surface area contributed by atoms with E-state index in [-0.39, 0.29) is 22.5 Å². The Hall–Kier alpha value is -1.69. The molecular formula is C16H11ClFNOS2. The Morgan fingerprint density at radius 1 is 1.23 bits per heavy atom. The van der Waals surface area contributed by atoms with Gasteiger partial charge in [0.2, 0.25) is 0 Å². The van der Waals surface area contributed by atoms with Crippen LogP contribution >= 0.6 is 34.3 Å². The Balaban J connectivity index is 1.89. The van der Waals surface area contributed by atoms with E-state index in [1.54, 1.807) is 22.7 Å². The van der Waals surface area contributed by atoms with E-state index in [9.17, 15) is 9.18 Å². The maximum Gasteiger partial charge on any atom is 0.253 e. The summed E-state index contributed by atoms with van der Waals surface area (Å²) in [5, 5.41) is 9.00. The average Bonchev–Trinajstić information content (AvgIpc) is 3.18. The summed E-state index contributed by atoms with van der Waals surface area (Å²) >= 11 is 9.10. The summed E-state index contributed by atoms with van der Waals surface area (Å²) in [5.41, 5.74) is 1.28. The minimum absolute atomic E-state index is 0.104. The maximum absolute atomic E-state index is 13.1. The predicted molar refractivity (Wildman–Crippen MR) is 89.4 cm³/mol. The van der Waals surface area contributed by atoms with E-state index >= 15 is 0 Å². The number of thiophene rings is 2. The van der Waals surface area contributed by atoms with Crippen molar-refractivity contribution >= 4 is 40.2 Å². The molecule has 1 N–H and O–H groups in total. The molecule has 1 aromatic carbocycles. The SMILES string of the molecule is O=C(NC(c1ccsc1)c1cccs1)c1ccc(F)cc1Cl. The van der Waals surface area contributed by atoms with Crippen molar-refractivity contribution in [3.63, 3.8) is 0 Å². The van der Waals surface area contributed by atoms with Crippen molar-refractivity contribution < 1.29 is 9.18 Å². The highest BCUT2D eigenvalue weighted by Gasteiger charge is 2.20. The molecule has 1 amide bonds. The fourth-order valence-electron chi connectivity index (χ4n) is 2.10. The molecule has 0 spiro atoms. The van der Waals surface area contributed by atoms with Crippen LogP contribution in [0.4, 0.5) is 4.39 Å². The second-order valence-corrected chi connectivity index (χ2v) is 6.77. The van der Waals surface area contributed by atoms with Crippen LogP contribution in [0.2, 0.25) is 5.02 Å². The molecule has 0 fully saturated rings. The third-order valence-electron chi connectivity index (χ3n) is 3.16. The van der Waals surface area contributed by atoms with E-state index in [0.29, 0.717) is 0 Å². The molecular weight excluding hydrogens is 341 g/mol. The topological polar surface area (TPSA) is 29.1 Å². The first-order valence-electron chi connectivity index (χ1n) is 6.46. The van der Waals surface area contributed by atoms with Gasteiger partial charge in [0, 0.05) is 4.88 Å². The van der Waals surface area contributed by atoms with Crippen molar-refractivity contribution in [1.82, 2.24) is 5.32 Å². The van der Waals surface area contributed by atoms with Gasteiger partial charge in [-0.25, -0.2) is 4.39 Å². The first kappa shape index (κ1) is 15.2. The molecule has 0 radical (unpaired) electrons. The van der Waals surface area contributed by atoms with E-state index in [4.69, 9.17) is 11.6 Å². The van der Waals surface area contributed by atoms with Crippen LogP contribution in [-0.2, 0) is 0 Å². The molecule has 1 unspecified atom stereocenters. The van der Waals surface area contributed by atoms with Crippen LogP contribution in [0.1, 0.15) is 26.8 Å². The Morgan fingerprint density at radius 2 is 2.09 bits per heavy atom. The summed E-state index contributed by atoms with van der Waals surface area (Å²) < 4.78 is 13.1. The summed E-state index contributed by atoms with van der Waals surface area (Å²) in [5.74, 6) is -0.788. The summed E-state index contributed by atoms with van der Waals surface area (Å²) in [7, 11) is 0. The van der Waals surface area contributed by atoms with Crippen molar-refractivity contribution in [3.05, 3.63) is 79.4 Å². The number of rotatable bonds is 4.